The Morgan fingerprint density at radius 3 is 2.62 bits per heavy atom. The highest BCUT2D eigenvalue weighted by molar-refractivity contribution is 6.69. The molecule has 1 heterocycles. The zero-order chi connectivity index (χ0) is 21.0. The minimum atomic E-state index is -1.80. The van der Waals surface area contributed by atoms with Gasteiger partial charge in [-0.3, -0.25) is 9.59 Å². The van der Waals surface area contributed by atoms with Gasteiger partial charge < -0.3 is 13.9 Å². The molecule has 0 aromatic heterocycles. The van der Waals surface area contributed by atoms with Crippen LogP contribution in [0.25, 0.3) is 0 Å². The highest BCUT2D eigenvalue weighted by Gasteiger charge is 2.83. The van der Waals surface area contributed by atoms with Crippen LogP contribution in [-0.2, 0) is 23.5 Å². The number of rotatable bonds is 3. The molecule has 5 nitrogen and oxygen atoms in total. The number of carbonyl (C=O) groups is 2. The molecule has 0 N–H and O–H groups in total. The standard InChI is InChI=1S/C23H34O5Si/c1-14-12-21-13-22(14,28-29(4,5)6)11-8-15(21)23-10-7-9-20(2,19(25)27-23)17(23)16(21)18(24)26-3/h15-17H,1,7-13H2,2-6H3/t15?,16-,17?,20?,21+,22+,23-/m1/s1. The van der Waals surface area contributed by atoms with Crippen molar-refractivity contribution < 1.29 is 23.5 Å². The van der Waals surface area contributed by atoms with Crippen molar-refractivity contribution in [1.82, 2.24) is 0 Å². The zero-order valence-corrected chi connectivity index (χ0v) is 19.4. The maximum atomic E-state index is 13.3. The van der Waals surface area contributed by atoms with E-state index in [1.54, 1.807) is 0 Å². The van der Waals surface area contributed by atoms with Crippen molar-refractivity contribution in [2.45, 2.75) is 82.7 Å². The van der Waals surface area contributed by atoms with Crippen molar-refractivity contribution in [3.8, 4) is 0 Å². The van der Waals surface area contributed by atoms with Crippen LogP contribution >= 0.6 is 0 Å². The third kappa shape index (κ3) is 2.20. The Morgan fingerprint density at radius 2 is 1.97 bits per heavy atom. The summed E-state index contributed by atoms with van der Waals surface area (Å²) in [5, 5.41) is 0. The molecule has 4 saturated carbocycles. The molecule has 4 aliphatic carbocycles. The van der Waals surface area contributed by atoms with E-state index in [0.29, 0.717) is 0 Å². The Bertz CT molecular complexity index is 817. The molecule has 1 spiro atoms. The van der Waals surface area contributed by atoms with Crippen molar-refractivity contribution in [2.75, 3.05) is 7.11 Å². The molecule has 160 valence electrons. The van der Waals surface area contributed by atoms with Crippen LogP contribution in [0.15, 0.2) is 12.2 Å². The van der Waals surface area contributed by atoms with Crippen molar-refractivity contribution in [3.63, 3.8) is 0 Å². The number of carbonyl (C=O) groups excluding carboxylic acids is 2. The molecule has 7 atom stereocenters. The zero-order valence-electron chi connectivity index (χ0n) is 18.4. The molecule has 3 unspecified atom stereocenters. The Labute approximate surface area is 174 Å². The van der Waals surface area contributed by atoms with E-state index >= 15 is 0 Å². The molecule has 0 aromatic carbocycles. The average molecular weight is 419 g/mol. The summed E-state index contributed by atoms with van der Waals surface area (Å²) in [6.45, 7) is 13.2. The van der Waals surface area contributed by atoms with Crippen LogP contribution in [0.3, 0.4) is 0 Å². The summed E-state index contributed by atoms with van der Waals surface area (Å²) in [4.78, 5) is 26.3. The second kappa shape index (κ2) is 5.55. The molecule has 29 heavy (non-hydrogen) atoms. The van der Waals surface area contributed by atoms with Crippen LogP contribution in [0.1, 0.15) is 51.9 Å². The van der Waals surface area contributed by atoms with Gasteiger partial charge in [0.05, 0.1) is 24.0 Å². The van der Waals surface area contributed by atoms with E-state index in [0.717, 1.165) is 50.5 Å². The Hall–Kier alpha value is -1.14. The Morgan fingerprint density at radius 1 is 1.24 bits per heavy atom. The van der Waals surface area contributed by atoms with E-state index in [2.05, 4.69) is 26.2 Å². The lowest BCUT2D eigenvalue weighted by atomic mass is 9.60. The lowest BCUT2D eigenvalue weighted by Gasteiger charge is -2.48. The van der Waals surface area contributed by atoms with Crippen LogP contribution < -0.4 is 0 Å². The van der Waals surface area contributed by atoms with Crippen molar-refractivity contribution >= 4 is 20.3 Å². The summed E-state index contributed by atoms with van der Waals surface area (Å²) in [7, 11) is -0.323. The average Bonchev–Trinajstić information content (AvgIpc) is 3.02. The monoisotopic (exact) mass is 418 g/mol. The fraction of sp³-hybridized carbons (Fsp3) is 0.826. The van der Waals surface area contributed by atoms with Gasteiger partial charge in [0.2, 0.25) is 0 Å². The number of methoxy groups -OCH3 is 1. The van der Waals surface area contributed by atoms with Crippen LogP contribution in [0.4, 0.5) is 0 Å². The van der Waals surface area contributed by atoms with Crippen molar-refractivity contribution in [3.05, 3.63) is 12.2 Å². The quantitative estimate of drug-likeness (QED) is 0.390. The smallest absolute Gasteiger partial charge is 0.312 e. The summed E-state index contributed by atoms with van der Waals surface area (Å²) >= 11 is 0. The second-order valence-electron chi connectivity index (χ2n) is 11.6. The first-order valence-corrected chi connectivity index (χ1v) is 14.5. The van der Waals surface area contributed by atoms with Crippen molar-refractivity contribution in [2.24, 2.45) is 28.6 Å². The molecule has 0 amide bonds. The topological polar surface area (TPSA) is 61.8 Å². The van der Waals surface area contributed by atoms with Gasteiger partial charge in [-0.1, -0.05) is 6.58 Å². The molecule has 4 bridgehead atoms. The van der Waals surface area contributed by atoms with Gasteiger partial charge in [0, 0.05) is 11.8 Å². The van der Waals surface area contributed by atoms with Crippen LogP contribution in [0.2, 0.25) is 19.6 Å². The summed E-state index contributed by atoms with van der Waals surface area (Å²) in [6.07, 6.45) is 6.10. The Balaban J connectivity index is 1.67. The van der Waals surface area contributed by atoms with E-state index in [4.69, 9.17) is 13.9 Å². The van der Waals surface area contributed by atoms with Crippen molar-refractivity contribution in [1.29, 1.82) is 0 Å². The van der Waals surface area contributed by atoms with Gasteiger partial charge in [-0.05, 0) is 82.5 Å². The van der Waals surface area contributed by atoms with E-state index in [1.807, 2.05) is 6.92 Å². The summed E-state index contributed by atoms with van der Waals surface area (Å²) in [5.41, 5.74) is -0.562. The summed E-state index contributed by atoms with van der Waals surface area (Å²) < 4.78 is 18.5. The molecule has 5 fully saturated rings. The van der Waals surface area contributed by atoms with E-state index in [9.17, 15) is 9.59 Å². The largest absolute Gasteiger partial charge is 0.469 e. The van der Waals surface area contributed by atoms with Crippen LogP contribution in [0.5, 0.6) is 0 Å². The van der Waals surface area contributed by atoms with Gasteiger partial charge in [0.15, 0.2) is 8.32 Å². The lowest BCUT2D eigenvalue weighted by Crippen LogP contribution is -2.50. The molecule has 1 saturated heterocycles. The normalized spacial score (nSPS) is 50.2. The molecular weight excluding hydrogens is 384 g/mol. The number of ether oxygens (including phenoxy) is 2. The molecule has 0 aromatic rings. The third-order valence-corrected chi connectivity index (χ3v) is 10.1. The fourth-order valence-corrected chi connectivity index (χ4v) is 10.0. The maximum Gasteiger partial charge on any atom is 0.312 e. The first kappa shape index (κ1) is 19.8. The predicted octanol–water partition coefficient (Wildman–Crippen LogP) is 4.23. The molecule has 0 radical (unpaired) electrons. The van der Waals surface area contributed by atoms with Gasteiger partial charge in [0.25, 0.3) is 0 Å². The highest BCUT2D eigenvalue weighted by atomic mass is 28.4. The first-order chi connectivity index (χ1) is 13.4. The van der Waals surface area contributed by atoms with Crippen LogP contribution in [0, 0.1) is 28.6 Å². The molecule has 1 aliphatic heterocycles. The molecular formula is C23H34O5Si. The maximum absolute atomic E-state index is 13.3. The summed E-state index contributed by atoms with van der Waals surface area (Å²) in [5.74, 6) is -0.504. The third-order valence-electron chi connectivity index (χ3n) is 9.06. The van der Waals surface area contributed by atoms with Gasteiger partial charge in [-0.25, -0.2) is 0 Å². The van der Waals surface area contributed by atoms with E-state index in [-0.39, 0.29) is 40.7 Å². The number of hydrogen-bond acceptors (Lipinski definition) is 5. The SMILES string of the molecule is C=C1C[C@]23C[C@@]1(O[Si](C)(C)C)CCC2[C@@]12CCCC(C)(C(=O)O1)C2[C@@H]3C(=O)OC. The minimum absolute atomic E-state index is 0.0951. The molecule has 5 aliphatic rings. The Kier molecular flexibility index (Phi) is 3.79. The van der Waals surface area contributed by atoms with E-state index in [1.165, 1.54) is 7.11 Å². The van der Waals surface area contributed by atoms with Crippen LogP contribution in [-0.4, -0.2) is 38.6 Å². The minimum Gasteiger partial charge on any atom is -0.469 e. The fourth-order valence-electron chi connectivity index (χ4n) is 8.52. The van der Waals surface area contributed by atoms with Gasteiger partial charge in [0.1, 0.15) is 5.60 Å². The molecule has 5 rings (SSSR count). The number of esters is 2. The molecule has 6 heteroatoms. The van der Waals surface area contributed by atoms with Gasteiger partial charge in [-0.15, -0.1) is 0 Å². The first-order valence-electron chi connectivity index (χ1n) is 11.1. The second-order valence-corrected chi connectivity index (χ2v) is 16.0. The van der Waals surface area contributed by atoms with Gasteiger partial charge in [-0.2, -0.15) is 0 Å². The lowest BCUT2D eigenvalue weighted by molar-refractivity contribution is -0.163. The highest BCUT2D eigenvalue weighted by Crippen LogP contribution is 2.79. The van der Waals surface area contributed by atoms with E-state index < -0.39 is 19.3 Å². The number of hydrogen-bond donors (Lipinski definition) is 0. The van der Waals surface area contributed by atoms with Gasteiger partial charge >= 0.3 is 11.9 Å². The number of fused-ring (bicyclic) bond motifs is 1. The summed E-state index contributed by atoms with van der Waals surface area (Å²) in [6, 6.07) is 0. The predicted molar refractivity (Wildman–Crippen MR) is 110 cm³/mol.